The number of nitrogens with zero attached hydrogens (tertiary/aromatic N) is 4. The van der Waals surface area contributed by atoms with E-state index in [0.717, 1.165) is 15.0 Å². The summed E-state index contributed by atoms with van der Waals surface area (Å²) in [7, 11) is 1.74. The van der Waals surface area contributed by atoms with Crippen LogP contribution in [0.4, 0.5) is 13.2 Å². The van der Waals surface area contributed by atoms with Crippen molar-refractivity contribution in [3.05, 3.63) is 70.8 Å². The van der Waals surface area contributed by atoms with Crippen molar-refractivity contribution in [2.24, 2.45) is 0 Å². The summed E-state index contributed by atoms with van der Waals surface area (Å²) in [5.41, 5.74) is 0.774. The maximum atomic E-state index is 12.7. The second-order valence-corrected chi connectivity index (χ2v) is 8.00. The summed E-state index contributed by atoms with van der Waals surface area (Å²) in [4.78, 5) is 27.2. The molecule has 3 heterocycles. The normalized spacial score (nSPS) is 12.2. The number of hydrogen-bond acceptors (Lipinski definition) is 5. The summed E-state index contributed by atoms with van der Waals surface area (Å²) >= 11 is 1.43. The third-order valence-electron chi connectivity index (χ3n) is 4.49. The largest absolute Gasteiger partial charge is 0.406 e. The molecule has 1 aromatic carbocycles. The minimum atomic E-state index is -4.32. The van der Waals surface area contributed by atoms with Gasteiger partial charge in [0.1, 0.15) is 23.0 Å². The quantitative estimate of drug-likeness (QED) is 0.498. The summed E-state index contributed by atoms with van der Waals surface area (Å²) in [5, 5.41) is 0.519. The highest BCUT2D eigenvalue weighted by Crippen LogP contribution is 2.30. The maximum absolute atomic E-state index is 12.7. The second kappa shape index (κ2) is 8.04. The van der Waals surface area contributed by atoms with Gasteiger partial charge < -0.3 is 9.55 Å². The van der Waals surface area contributed by atoms with Crippen LogP contribution in [0.5, 0.6) is 0 Å². The lowest BCUT2D eigenvalue weighted by molar-refractivity contribution is -0.141. The van der Waals surface area contributed by atoms with Crippen LogP contribution in [0, 0.1) is 0 Å². The van der Waals surface area contributed by atoms with Crippen LogP contribution in [-0.4, -0.2) is 37.6 Å². The van der Waals surface area contributed by atoms with Gasteiger partial charge in [0.05, 0.1) is 18.5 Å². The highest BCUT2D eigenvalue weighted by atomic mass is 32.1. The smallest absolute Gasteiger partial charge is 0.325 e. The first-order valence-corrected chi connectivity index (χ1v) is 9.93. The molecule has 0 fully saturated rings. The second-order valence-electron chi connectivity index (χ2n) is 6.97. The summed E-state index contributed by atoms with van der Waals surface area (Å²) < 4.78 is 39.1. The Balaban J connectivity index is 1.53. The number of thiophene rings is 1. The Hall–Kier alpha value is -2.98. The van der Waals surface area contributed by atoms with Crippen LogP contribution in [0.3, 0.4) is 0 Å². The van der Waals surface area contributed by atoms with Gasteiger partial charge in [-0.05, 0) is 18.7 Å². The van der Waals surface area contributed by atoms with Crippen LogP contribution >= 0.6 is 11.3 Å². The van der Waals surface area contributed by atoms with Gasteiger partial charge in [-0.15, -0.1) is 11.3 Å². The van der Waals surface area contributed by atoms with Crippen LogP contribution < -0.4 is 5.56 Å². The number of alkyl halides is 3. The molecule has 3 aromatic heterocycles. The molecule has 0 amide bonds. The molecule has 0 aliphatic rings. The third kappa shape index (κ3) is 4.60. The number of H-pyrrole nitrogens is 1. The van der Waals surface area contributed by atoms with Gasteiger partial charge in [0.25, 0.3) is 5.56 Å². The van der Waals surface area contributed by atoms with Gasteiger partial charge in [0.2, 0.25) is 0 Å². The van der Waals surface area contributed by atoms with Crippen molar-refractivity contribution in [1.82, 2.24) is 24.4 Å². The molecule has 6 nitrogen and oxygen atoms in total. The van der Waals surface area contributed by atoms with Gasteiger partial charge >= 0.3 is 6.18 Å². The monoisotopic (exact) mass is 433 g/mol. The van der Waals surface area contributed by atoms with Crippen LogP contribution in [0.15, 0.2) is 53.6 Å². The fraction of sp³-hybridized carbons (Fsp3) is 0.250. The average Bonchev–Trinajstić information content (AvgIpc) is 3.28. The summed E-state index contributed by atoms with van der Waals surface area (Å²) in [5.74, 6) is 0.742. The molecule has 0 bridgehead atoms. The molecule has 4 aromatic rings. The SMILES string of the molecule is CN(Cc1nc2sc(-c3ccccc3)cc2c(=O)[nH]1)Cc1nccn1CC(F)(F)F. The van der Waals surface area contributed by atoms with E-state index in [1.54, 1.807) is 11.9 Å². The van der Waals surface area contributed by atoms with Gasteiger partial charge in [-0.2, -0.15) is 13.2 Å². The average molecular weight is 433 g/mol. The molecule has 1 N–H and O–H groups in total. The molecule has 30 heavy (non-hydrogen) atoms. The van der Waals surface area contributed by atoms with Crippen molar-refractivity contribution in [3.63, 3.8) is 0 Å². The molecule has 0 atom stereocenters. The fourth-order valence-corrected chi connectivity index (χ4v) is 4.23. The molecule has 0 spiro atoms. The molecule has 0 saturated carbocycles. The molecule has 0 aliphatic carbocycles. The number of imidazole rings is 1. The van der Waals surface area contributed by atoms with Crippen molar-refractivity contribution in [3.8, 4) is 10.4 Å². The topological polar surface area (TPSA) is 66.8 Å². The van der Waals surface area contributed by atoms with Crippen molar-refractivity contribution >= 4 is 21.6 Å². The first-order valence-electron chi connectivity index (χ1n) is 9.12. The van der Waals surface area contributed by atoms with Crippen molar-refractivity contribution in [2.75, 3.05) is 7.05 Å². The molecule has 0 aliphatic heterocycles. The number of fused-ring (bicyclic) bond motifs is 1. The molecular formula is C20H18F3N5OS. The van der Waals surface area contributed by atoms with Crippen molar-refractivity contribution < 1.29 is 13.2 Å². The zero-order valence-corrected chi connectivity index (χ0v) is 16.8. The summed E-state index contributed by atoms with van der Waals surface area (Å²) in [6, 6.07) is 11.5. The molecule has 0 unspecified atom stereocenters. The zero-order valence-electron chi connectivity index (χ0n) is 16.0. The Morgan fingerprint density at radius 3 is 2.70 bits per heavy atom. The standard InChI is InChI=1S/C20H18F3N5OS/c1-27(11-17-24-7-8-28(17)12-20(21,22)23)10-16-25-18(29)14-9-15(30-19(14)26-16)13-5-3-2-4-6-13/h2-9H,10-12H2,1H3,(H,25,26,29). The Morgan fingerprint density at radius 1 is 1.20 bits per heavy atom. The van der Waals surface area contributed by atoms with Gasteiger partial charge in [0.15, 0.2) is 0 Å². The maximum Gasteiger partial charge on any atom is 0.406 e. The van der Waals surface area contributed by atoms with Crippen molar-refractivity contribution in [2.45, 2.75) is 25.8 Å². The van der Waals surface area contributed by atoms with Crippen LogP contribution in [0.25, 0.3) is 20.7 Å². The van der Waals surface area contributed by atoms with E-state index < -0.39 is 12.7 Å². The van der Waals surface area contributed by atoms with E-state index in [4.69, 9.17) is 0 Å². The molecule has 0 saturated heterocycles. The lowest BCUT2D eigenvalue weighted by atomic mass is 10.2. The molecule has 10 heteroatoms. The number of nitrogens with one attached hydrogen (secondary N) is 1. The summed E-state index contributed by atoms with van der Waals surface area (Å²) in [6.07, 6.45) is -1.67. The van der Waals surface area contributed by atoms with E-state index in [1.807, 2.05) is 36.4 Å². The first kappa shape index (κ1) is 20.3. The van der Waals surface area contributed by atoms with Crippen LogP contribution in [0.1, 0.15) is 11.6 Å². The lowest BCUT2D eigenvalue weighted by Crippen LogP contribution is -2.25. The zero-order chi connectivity index (χ0) is 21.3. The molecule has 0 radical (unpaired) electrons. The minimum Gasteiger partial charge on any atom is -0.325 e. The first-order chi connectivity index (χ1) is 14.3. The number of benzene rings is 1. The molecule has 156 valence electrons. The molecular weight excluding hydrogens is 415 g/mol. The minimum absolute atomic E-state index is 0.185. The van der Waals surface area contributed by atoms with E-state index in [9.17, 15) is 18.0 Å². The number of aromatic nitrogens is 4. The summed E-state index contributed by atoms with van der Waals surface area (Å²) in [6.45, 7) is -0.637. The predicted octanol–water partition coefficient (Wildman–Crippen LogP) is 4.04. The van der Waals surface area contributed by atoms with Gasteiger partial charge in [-0.3, -0.25) is 9.69 Å². The third-order valence-corrected chi connectivity index (χ3v) is 5.57. The van der Waals surface area contributed by atoms with Gasteiger partial charge in [-0.1, -0.05) is 30.3 Å². The Bertz CT molecular complexity index is 1210. The van der Waals surface area contributed by atoms with E-state index in [0.29, 0.717) is 21.9 Å². The Labute approximate surface area is 173 Å². The number of aromatic amines is 1. The highest BCUT2D eigenvalue weighted by molar-refractivity contribution is 7.21. The van der Waals surface area contributed by atoms with E-state index >= 15 is 0 Å². The van der Waals surface area contributed by atoms with Crippen LogP contribution in [0.2, 0.25) is 0 Å². The van der Waals surface area contributed by atoms with E-state index in [2.05, 4.69) is 15.0 Å². The number of halogens is 3. The predicted molar refractivity (Wildman–Crippen MR) is 109 cm³/mol. The number of rotatable bonds is 6. The lowest BCUT2D eigenvalue weighted by Gasteiger charge is -2.17. The highest BCUT2D eigenvalue weighted by Gasteiger charge is 2.29. The number of hydrogen-bond donors (Lipinski definition) is 1. The van der Waals surface area contributed by atoms with Crippen molar-refractivity contribution in [1.29, 1.82) is 0 Å². The van der Waals surface area contributed by atoms with Gasteiger partial charge in [-0.25, -0.2) is 9.97 Å². The Kier molecular flexibility index (Phi) is 5.44. The van der Waals surface area contributed by atoms with E-state index in [-0.39, 0.29) is 18.6 Å². The van der Waals surface area contributed by atoms with E-state index in [1.165, 1.54) is 23.7 Å². The fourth-order valence-electron chi connectivity index (χ4n) is 3.18. The van der Waals surface area contributed by atoms with Gasteiger partial charge in [0, 0.05) is 17.3 Å². The van der Waals surface area contributed by atoms with Crippen LogP contribution in [-0.2, 0) is 19.6 Å². The Morgan fingerprint density at radius 2 is 1.97 bits per heavy atom. The molecule has 4 rings (SSSR count).